The van der Waals surface area contributed by atoms with Crippen LogP contribution in [0.4, 0.5) is 0 Å². The Bertz CT molecular complexity index is 9.61. The molecule has 0 spiro atoms. The highest BCUT2D eigenvalue weighted by atomic mass is 15.2. The molecule has 0 aliphatic carbocycles. The van der Waals surface area contributed by atoms with Crippen LogP contribution in [0, 0.1) is 0 Å². The average molecular weight is 61.1 g/mol. The minimum atomic E-state index is 0. The molecule has 0 saturated carbocycles. The van der Waals surface area contributed by atoms with Crippen molar-refractivity contribution in [2.45, 2.75) is 6.92 Å². The highest BCUT2D eigenvalue weighted by Gasteiger charge is 1.50. The molecule has 0 aliphatic rings. The van der Waals surface area contributed by atoms with E-state index in [4.69, 9.17) is 5.84 Å². The molecular weight excluding hydrogens is 52.0 g/mol. The van der Waals surface area contributed by atoms with Gasteiger partial charge in [-0.25, -0.2) is 0 Å². The van der Waals surface area contributed by atoms with Crippen molar-refractivity contribution < 1.29 is 1.43 Å². The first-order valence-corrected chi connectivity index (χ1v) is 1.35. The molecule has 0 aromatic rings. The largest absolute Gasteiger partial charge is 1.00 e. The fourth-order valence-electron chi connectivity index (χ4n) is 0. The summed E-state index contributed by atoms with van der Waals surface area (Å²) < 4.78 is 0. The van der Waals surface area contributed by atoms with E-state index < -0.39 is 0 Å². The van der Waals surface area contributed by atoms with Crippen LogP contribution in [0.2, 0.25) is 0 Å². The molecule has 0 aliphatic heterocycles. The smallest absolute Gasteiger partial charge is 0.271 e. The zero-order valence-corrected chi connectivity index (χ0v) is 2.78. The number of hydrogen-bond donors (Lipinski definition) is 2. The van der Waals surface area contributed by atoms with Crippen molar-refractivity contribution in [2.75, 3.05) is 6.54 Å². The lowest BCUT2D eigenvalue weighted by Crippen LogP contribution is -2.20. The van der Waals surface area contributed by atoms with Crippen molar-refractivity contribution in [3.63, 3.8) is 0 Å². The third kappa shape index (κ3) is 1.92. The minimum absolute atomic E-state index is 0. The summed E-state index contributed by atoms with van der Waals surface area (Å²) in [5.41, 5.74) is 2.43. The molecule has 0 aromatic carbocycles. The second kappa shape index (κ2) is 2.92. The summed E-state index contributed by atoms with van der Waals surface area (Å²) in [6.45, 7) is 2.79. The number of hydrogen-bond acceptors (Lipinski definition) is 2. The van der Waals surface area contributed by atoms with E-state index in [1.165, 1.54) is 0 Å². The fourth-order valence-corrected chi connectivity index (χ4v) is 0. The van der Waals surface area contributed by atoms with Gasteiger partial charge in [-0.3, -0.25) is 11.3 Å². The summed E-state index contributed by atoms with van der Waals surface area (Å²) in [5, 5.41) is 0. The molecule has 0 saturated heterocycles. The van der Waals surface area contributed by atoms with Gasteiger partial charge in [-0.15, -0.1) is 0 Å². The Labute approximate surface area is 27.4 Å². The summed E-state index contributed by atoms with van der Waals surface area (Å²) in [5.74, 6) is 4.78. The van der Waals surface area contributed by atoms with E-state index in [1.807, 2.05) is 6.92 Å². The molecule has 26 valence electrons. The van der Waals surface area contributed by atoms with Gasteiger partial charge in [-0.1, -0.05) is 6.92 Å². The molecule has 0 fully saturated rings. The molecule has 0 rings (SSSR count). The number of rotatable bonds is 1. The van der Waals surface area contributed by atoms with Crippen LogP contribution in [0.15, 0.2) is 0 Å². The van der Waals surface area contributed by atoms with E-state index >= 15 is 0 Å². The Morgan fingerprint density at radius 1 is 2.25 bits per heavy atom. The highest BCUT2D eigenvalue weighted by Crippen LogP contribution is 1.30. The van der Waals surface area contributed by atoms with Crippen LogP contribution in [0.25, 0.3) is 0 Å². The number of nitrogens with two attached hydrogens (primary N) is 1. The molecule has 0 atom stereocenters. The van der Waals surface area contributed by atoms with Gasteiger partial charge in [0.25, 0.3) is 0 Å². The van der Waals surface area contributed by atoms with Crippen LogP contribution in [0.5, 0.6) is 0 Å². The predicted molar refractivity (Wildman–Crippen MR) is 19.0 cm³/mol. The van der Waals surface area contributed by atoms with Crippen LogP contribution in [-0.2, 0) is 0 Å². The summed E-state index contributed by atoms with van der Waals surface area (Å²) in [7, 11) is 0. The lowest BCUT2D eigenvalue weighted by Gasteiger charge is -1.77. The Morgan fingerprint density at radius 2 is 2.50 bits per heavy atom. The molecule has 0 aromatic heterocycles. The molecule has 0 radical (unpaired) electrons. The van der Waals surface area contributed by atoms with Gasteiger partial charge in [-0.05, 0) is 0 Å². The third-order valence-corrected chi connectivity index (χ3v) is 0.204. The van der Waals surface area contributed by atoms with Gasteiger partial charge in [-0.2, -0.15) is 0 Å². The van der Waals surface area contributed by atoms with E-state index in [2.05, 4.69) is 5.43 Å². The molecule has 2 nitrogen and oxygen atoms in total. The van der Waals surface area contributed by atoms with Crippen LogP contribution < -0.4 is 11.3 Å². The van der Waals surface area contributed by atoms with Gasteiger partial charge in [0.15, 0.2) is 0 Å². The summed E-state index contributed by atoms with van der Waals surface area (Å²) in [6, 6.07) is 0. The number of nitrogens with one attached hydrogen (secondary N) is 1. The van der Waals surface area contributed by atoms with Gasteiger partial charge in [0.1, 0.15) is 0 Å². The number of hydrazine groups is 1. The van der Waals surface area contributed by atoms with Crippen molar-refractivity contribution >= 4 is 0 Å². The third-order valence-electron chi connectivity index (χ3n) is 0.204. The van der Waals surface area contributed by atoms with Crippen LogP contribution >= 0.6 is 0 Å². The second-order valence-corrected chi connectivity index (χ2v) is 0.558. The van der Waals surface area contributed by atoms with Crippen molar-refractivity contribution in [1.82, 2.24) is 5.43 Å². The molecule has 0 heterocycles. The van der Waals surface area contributed by atoms with Gasteiger partial charge in [0.05, 0.1) is 0 Å². The zero-order chi connectivity index (χ0) is 3.41. The van der Waals surface area contributed by atoms with Crippen LogP contribution in [0.3, 0.4) is 0 Å². The van der Waals surface area contributed by atoms with E-state index in [0.717, 1.165) is 6.54 Å². The standard InChI is InChI=1S/C2H8N2/c1-2-4-3/h4H,2-3H2,1H3/p+1. The molecule has 0 unspecified atom stereocenters. The summed E-state index contributed by atoms with van der Waals surface area (Å²) in [6.07, 6.45) is 0. The van der Waals surface area contributed by atoms with Crippen LogP contribution in [-0.4, -0.2) is 6.54 Å². The maximum Gasteiger partial charge on any atom is 1.00 e. The fraction of sp³-hybridized carbons (Fsp3) is 1.00. The van der Waals surface area contributed by atoms with Gasteiger partial charge >= 0.3 is 1.43 Å². The first-order valence-electron chi connectivity index (χ1n) is 1.35. The first-order chi connectivity index (χ1) is 1.91. The van der Waals surface area contributed by atoms with Crippen molar-refractivity contribution in [3.05, 3.63) is 0 Å². The molecule has 4 heavy (non-hydrogen) atoms. The summed E-state index contributed by atoms with van der Waals surface area (Å²) >= 11 is 0. The molecule has 0 amide bonds. The van der Waals surface area contributed by atoms with E-state index in [9.17, 15) is 0 Å². The average Bonchev–Trinajstić information content (AvgIpc) is 1.37. The summed E-state index contributed by atoms with van der Waals surface area (Å²) in [4.78, 5) is 0. The van der Waals surface area contributed by atoms with Gasteiger partial charge in [0, 0.05) is 6.54 Å². The van der Waals surface area contributed by atoms with Crippen molar-refractivity contribution in [3.8, 4) is 0 Å². The van der Waals surface area contributed by atoms with E-state index in [-0.39, 0.29) is 1.43 Å². The molecule has 2 heteroatoms. The van der Waals surface area contributed by atoms with Crippen LogP contribution in [0.1, 0.15) is 8.35 Å². The van der Waals surface area contributed by atoms with Crippen molar-refractivity contribution in [2.24, 2.45) is 5.84 Å². The normalized spacial score (nSPS) is 7.50. The monoisotopic (exact) mass is 61.1 g/mol. The maximum absolute atomic E-state index is 4.78. The Morgan fingerprint density at radius 3 is 2.50 bits per heavy atom. The quantitative estimate of drug-likeness (QED) is 0.319. The SMILES string of the molecule is CCNN.[H+]. The highest BCUT2D eigenvalue weighted by molar-refractivity contribution is 4.10. The first kappa shape index (κ1) is 3.92. The van der Waals surface area contributed by atoms with Gasteiger partial charge < -0.3 is 0 Å². The minimum Gasteiger partial charge on any atom is -0.271 e. The second-order valence-electron chi connectivity index (χ2n) is 0.558. The lowest BCUT2D eigenvalue weighted by atomic mass is 10.8. The predicted octanol–water partition coefficient (Wildman–Crippen LogP) is -0.418. The Kier molecular flexibility index (Phi) is 2.86. The Hall–Kier alpha value is -0.0800. The lowest BCUT2D eigenvalue weighted by molar-refractivity contribution is 0.781. The van der Waals surface area contributed by atoms with Gasteiger partial charge in [0.2, 0.25) is 0 Å². The van der Waals surface area contributed by atoms with Crippen molar-refractivity contribution in [1.29, 1.82) is 0 Å². The zero-order valence-electron chi connectivity index (χ0n) is 3.78. The van der Waals surface area contributed by atoms with E-state index in [1.54, 1.807) is 0 Å². The van der Waals surface area contributed by atoms with E-state index in [0.29, 0.717) is 0 Å². The molecule has 3 N–H and O–H groups in total. The Balaban J connectivity index is 0. The molecular formula is C2H9N2+. The molecule has 0 bridgehead atoms. The topological polar surface area (TPSA) is 38.0 Å². The maximum atomic E-state index is 4.78.